The van der Waals surface area contributed by atoms with Crippen LogP contribution in [0.4, 0.5) is 0 Å². The molecule has 0 radical (unpaired) electrons. The molecule has 0 atom stereocenters. The van der Waals surface area contributed by atoms with E-state index in [1.54, 1.807) is 0 Å². The molecular formula is C5H11NOS. The minimum Gasteiger partial charge on any atom is -0.230 e. The monoisotopic (exact) mass is 133 g/mol. The molecule has 0 aromatic carbocycles. The summed E-state index contributed by atoms with van der Waals surface area (Å²) in [5.74, 6) is 0. The van der Waals surface area contributed by atoms with Crippen LogP contribution in [0.5, 0.6) is 0 Å². The third kappa shape index (κ3) is 5.76. The van der Waals surface area contributed by atoms with Crippen LogP contribution in [0.2, 0.25) is 0 Å². The van der Waals surface area contributed by atoms with Crippen molar-refractivity contribution in [3.63, 3.8) is 0 Å². The van der Waals surface area contributed by atoms with E-state index in [4.69, 9.17) is 5.14 Å². The first-order valence-electron chi connectivity index (χ1n) is 2.36. The first kappa shape index (κ1) is 7.76. The van der Waals surface area contributed by atoms with E-state index in [9.17, 15) is 4.21 Å². The Hall–Kier alpha value is -0.240. The number of nitrogens with two attached hydrogens (primary N) is 1. The van der Waals surface area contributed by atoms with Gasteiger partial charge in [0.25, 0.3) is 0 Å². The predicted octanol–water partition coefficient (Wildman–Crippen LogP) is 0.614. The van der Waals surface area contributed by atoms with Crippen LogP contribution in [0.3, 0.4) is 0 Å². The Bertz CT molecular complexity index is 191. The van der Waals surface area contributed by atoms with E-state index in [0.29, 0.717) is 0 Å². The van der Waals surface area contributed by atoms with Crippen molar-refractivity contribution in [2.45, 2.75) is 20.8 Å². The Kier molecular flexibility index (Phi) is 2.28. The third-order valence-corrected chi connectivity index (χ3v) is 1.22. The van der Waals surface area contributed by atoms with Crippen molar-refractivity contribution in [3.05, 3.63) is 0 Å². The fourth-order valence-electron chi connectivity index (χ4n) is 0.302. The molecule has 0 bridgehead atoms. The van der Waals surface area contributed by atoms with Gasteiger partial charge in [0.1, 0.15) is 0 Å². The second-order valence-electron chi connectivity index (χ2n) is 2.65. The highest BCUT2D eigenvalue weighted by molar-refractivity contribution is 7.71. The van der Waals surface area contributed by atoms with Crippen LogP contribution < -0.4 is 5.14 Å². The Morgan fingerprint density at radius 1 is 1.50 bits per heavy atom. The van der Waals surface area contributed by atoms with Gasteiger partial charge in [-0.15, -0.1) is 0 Å². The molecule has 0 fully saturated rings. The summed E-state index contributed by atoms with van der Waals surface area (Å²) in [6, 6.07) is 0. The lowest BCUT2D eigenvalue weighted by Gasteiger charge is -2.04. The Labute approximate surface area is 51.9 Å². The minimum atomic E-state index is -1.39. The third-order valence-electron chi connectivity index (χ3n) is 0.407. The van der Waals surface area contributed by atoms with Crippen LogP contribution >= 0.6 is 0 Å². The van der Waals surface area contributed by atoms with E-state index < -0.39 is 10.4 Å². The highest BCUT2D eigenvalue weighted by atomic mass is 32.2. The summed E-state index contributed by atoms with van der Waals surface area (Å²) in [7, 11) is -1.39. The van der Waals surface area contributed by atoms with E-state index in [1.165, 1.54) is 0 Å². The Morgan fingerprint density at radius 2 is 1.88 bits per heavy atom. The minimum absolute atomic E-state index is 0.153. The summed E-state index contributed by atoms with van der Waals surface area (Å²) in [6.07, 6.45) is 0. The lowest BCUT2D eigenvalue weighted by Crippen LogP contribution is -2.02. The molecule has 0 heterocycles. The lowest BCUT2D eigenvalue weighted by molar-refractivity contribution is 0.572. The van der Waals surface area contributed by atoms with Crippen LogP contribution in [-0.4, -0.2) is 4.21 Å². The molecule has 0 aliphatic rings. The highest BCUT2D eigenvalue weighted by Gasteiger charge is 2.03. The molecule has 0 aliphatic heterocycles. The molecule has 0 amide bonds. The highest BCUT2D eigenvalue weighted by Crippen LogP contribution is 2.09. The van der Waals surface area contributed by atoms with Crippen LogP contribution in [-0.2, 0) is 10.4 Å². The van der Waals surface area contributed by atoms with Crippen molar-refractivity contribution in [2.75, 3.05) is 0 Å². The van der Waals surface area contributed by atoms with Gasteiger partial charge < -0.3 is 0 Å². The van der Waals surface area contributed by atoms with E-state index in [1.807, 2.05) is 20.8 Å². The smallest absolute Gasteiger partial charge is 0.0931 e. The zero-order valence-corrected chi connectivity index (χ0v) is 6.21. The van der Waals surface area contributed by atoms with Crippen molar-refractivity contribution in [3.8, 4) is 5.18 Å². The molecular weight excluding hydrogens is 122 g/mol. The van der Waals surface area contributed by atoms with Crippen molar-refractivity contribution < 1.29 is 4.21 Å². The summed E-state index contributed by atoms with van der Waals surface area (Å²) >= 11 is 0. The van der Waals surface area contributed by atoms with Crippen LogP contribution in [0.25, 0.3) is 0 Å². The molecule has 2 N–H and O–H groups in total. The normalized spacial score (nSPS) is 10.5. The fraction of sp³-hybridized carbons (Fsp3) is 0.800. The fourth-order valence-corrected chi connectivity index (χ4v) is 0.905. The van der Waals surface area contributed by atoms with E-state index >= 15 is 0 Å². The average Bonchev–Trinajstić information content (AvgIpc) is 1.21. The molecule has 0 rings (SSSR count). The standard InChI is InChI=1S/C5H11NOS/c1-5(2,3)4-8(6)7/h1-3H3,(H2,6,7). The van der Waals surface area contributed by atoms with Gasteiger partial charge >= 0.3 is 0 Å². The molecule has 0 spiro atoms. The Balaban J connectivity index is 4.33. The van der Waals surface area contributed by atoms with Gasteiger partial charge in [0.2, 0.25) is 0 Å². The van der Waals surface area contributed by atoms with Gasteiger partial charge in [-0.25, -0.2) is 9.35 Å². The van der Waals surface area contributed by atoms with Crippen LogP contribution in [0, 0.1) is 10.6 Å². The van der Waals surface area contributed by atoms with Gasteiger partial charge in [-0.3, -0.25) is 0 Å². The second kappa shape index (κ2) is 2.35. The first-order valence-corrected chi connectivity index (χ1v) is 3.57. The van der Waals surface area contributed by atoms with Crippen molar-refractivity contribution in [1.82, 2.24) is 0 Å². The summed E-state index contributed by atoms with van der Waals surface area (Å²) in [5.41, 5.74) is -0.153. The second-order valence-corrected chi connectivity index (χ2v) is 3.45. The molecule has 8 heavy (non-hydrogen) atoms. The summed E-state index contributed by atoms with van der Waals surface area (Å²) in [5, 5.41) is 7.57. The van der Waals surface area contributed by atoms with Gasteiger partial charge in [0.05, 0.1) is 10.4 Å². The number of hydrogen-bond acceptors (Lipinski definition) is 1. The van der Waals surface area contributed by atoms with Crippen molar-refractivity contribution in [2.24, 2.45) is 10.6 Å². The topological polar surface area (TPSA) is 43.1 Å². The summed E-state index contributed by atoms with van der Waals surface area (Å²) < 4.78 is 10.2. The van der Waals surface area contributed by atoms with Gasteiger partial charge in [0.15, 0.2) is 0 Å². The first-order chi connectivity index (χ1) is 3.42. The summed E-state index contributed by atoms with van der Waals surface area (Å²) in [6.45, 7) is 5.70. The van der Waals surface area contributed by atoms with Gasteiger partial charge in [-0.2, -0.15) is 0 Å². The average molecular weight is 133 g/mol. The van der Waals surface area contributed by atoms with E-state index in [2.05, 4.69) is 5.18 Å². The molecule has 0 saturated carbocycles. The molecule has 0 aromatic rings. The molecule has 48 valence electrons. The zero-order chi connectivity index (χ0) is 6.78. The van der Waals surface area contributed by atoms with E-state index in [0.717, 1.165) is 0 Å². The Morgan fingerprint density at radius 3 is 1.88 bits per heavy atom. The quantitative estimate of drug-likeness (QED) is 0.517. The maximum atomic E-state index is 10.2. The largest absolute Gasteiger partial charge is 0.230 e. The van der Waals surface area contributed by atoms with Gasteiger partial charge in [0, 0.05) is 5.41 Å². The number of rotatable bonds is 0. The van der Waals surface area contributed by atoms with Gasteiger partial charge in [-0.1, -0.05) is 0 Å². The number of hydrogen-bond donors (Lipinski definition) is 1. The maximum absolute atomic E-state index is 10.2. The molecule has 0 aliphatic carbocycles. The molecule has 3 heteroatoms. The lowest BCUT2D eigenvalue weighted by atomic mass is 10.0. The van der Waals surface area contributed by atoms with Crippen LogP contribution in [0.1, 0.15) is 20.8 Å². The predicted molar refractivity (Wildman–Crippen MR) is 35.7 cm³/mol. The molecule has 0 unspecified atom stereocenters. The van der Waals surface area contributed by atoms with Crippen molar-refractivity contribution >= 4 is 10.4 Å². The SMILES string of the molecule is CC(C)(C)C#S(N)=O. The van der Waals surface area contributed by atoms with Gasteiger partial charge in [-0.05, 0) is 26.0 Å². The van der Waals surface area contributed by atoms with E-state index in [-0.39, 0.29) is 5.41 Å². The van der Waals surface area contributed by atoms with Crippen molar-refractivity contribution in [1.29, 1.82) is 0 Å². The zero-order valence-electron chi connectivity index (χ0n) is 5.39. The molecule has 0 saturated heterocycles. The summed E-state index contributed by atoms with van der Waals surface area (Å²) in [4.78, 5) is 0. The van der Waals surface area contributed by atoms with Crippen LogP contribution in [0.15, 0.2) is 0 Å². The maximum Gasteiger partial charge on any atom is 0.0931 e. The molecule has 2 nitrogen and oxygen atoms in total. The molecule has 0 aromatic heterocycles.